The minimum atomic E-state index is -0.551. The molecule has 1 aliphatic rings. The van der Waals surface area contributed by atoms with Gasteiger partial charge in [0.05, 0.1) is 6.61 Å². The quantitative estimate of drug-likeness (QED) is 0.365. The van der Waals surface area contributed by atoms with E-state index in [1.165, 1.54) is 0 Å². The van der Waals surface area contributed by atoms with Gasteiger partial charge in [-0.05, 0) is 19.8 Å². The highest BCUT2D eigenvalue weighted by molar-refractivity contribution is 14.1. The molecular formula is C11H16I2O4. The van der Waals surface area contributed by atoms with Crippen molar-refractivity contribution < 1.29 is 19.1 Å². The summed E-state index contributed by atoms with van der Waals surface area (Å²) in [7, 11) is 0. The number of carbonyl (C=O) groups is 2. The number of ether oxygens (including phenoxy) is 2. The molecule has 2 atom stereocenters. The fraction of sp³-hybridized carbons (Fsp3) is 0.818. The number of hydrogen-bond acceptors (Lipinski definition) is 4. The Hall–Kier alpha value is 0.400. The van der Waals surface area contributed by atoms with E-state index in [9.17, 15) is 9.59 Å². The van der Waals surface area contributed by atoms with Crippen LogP contribution in [0.4, 0.5) is 0 Å². The van der Waals surface area contributed by atoms with Crippen molar-refractivity contribution in [3.8, 4) is 0 Å². The molecular weight excluding hydrogens is 450 g/mol. The van der Waals surface area contributed by atoms with Gasteiger partial charge in [-0.25, -0.2) is 0 Å². The molecule has 0 bridgehead atoms. The highest BCUT2D eigenvalue weighted by atomic mass is 127. The maximum atomic E-state index is 12.0. The molecule has 0 aromatic heterocycles. The summed E-state index contributed by atoms with van der Waals surface area (Å²) in [6.07, 6.45) is 2.09. The summed E-state index contributed by atoms with van der Waals surface area (Å²) in [5.74, 6) is -0.345. The van der Waals surface area contributed by atoms with Crippen molar-refractivity contribution in [2.45, 2.75) is 42.1 Å². The number of rotatable bonds is 3. The Bertz CT molecular complexity index is 295. The first kappa shape index (κ1) is 15.5. The van der Waals surface area contributed by atoms with Gasteiger partial charge in [0.1, 0.15) is 9.53 Å². The van der Waals surface area contributed by atoms with E-state index in [0.717, 1.165) is 0 Å². The Morgan fingerprint density at radius 3 is 2.94 bits per heavy atom. The zero-order valence-electron chi connectivity index (χ0n) is 9.71. The molecule has 1 fully saturated rings. The monoisotopic (exact) mass is 466 g/mol. The van der Waals surface area contributed by atoms with E-state index in [0.29, 0.717) is 36.7 Å². The first-order valence-corrected chi connectivity index (χ1v) is 8.24. The molecule has 0 aliphatic carbocycles. The van der Waals surface area contributed by atoms with E-state index in [-0.39, 0.29) is 18.0 Å². The van der Waals surface area contributed by atoms with E-state index in [2.05, 4.69) is 45.2 Å². The third-order valence-electron chi connectivity index (χ3n) is 2.62. The Morgan fingerprint density at radius 1 is 1.65 bits per heavy atom. The van der Waals surface area contributed by atoms with Crippen LogP contribution in [0.15, 0.2) is 0 Å². The van der Waals surface area contributed by atoms with Gasteiger partial charge in [0, 0.05) is 17.3 Å². The average molecular weight is 466 g/mol. The van der Waals surface area contributed by atoms with Crippen LogP contribution in [0.1, 0.15) is 32.6 Å². The molecule has 1 heterocycles. The Kier molecular flexibility index (Phi) is 6.46. The third kappa shape index (κ3) is 4.53. The predicted octanol–water partition coefficient (Wildman–Crippen LogP) is 2.64. The third-order valence-corrected chi connectivity index (χ3v) is 5.02. The lowest BCUT2D eigenvalue weighted by Gasteiger charge is -2.30. The summed E-state index contributed by atoms with van der Waals surface area (Å²) >= 11 is 4.33. The Balaban J connectivity index is 2.76. The minimum Gasteiger partial charge on any atom is -0.465 e. The fourth-order valence-electron chi connectivity index (χ4n) is 1.79. The molecule has 0 radical (unpaired) electrons. The lowest BCUT2D eigenvalue weighted by atomic mass is 9.94. The van der Waals surface area contributed by atoms with E-state index in [1.54, 1.807) is 6.92 Å². The summed E-state index contributed by atoms with van der Waals surface area (Å²) < 4.78 is 10.6. The normalized spacial score (nSPS) is 30.1. The van der Waals surface area contributed by atoms with Crippen molar-refractivity contribution in [1.82, 2.24) is 0 Å². The molecule has 1 rings (SSSR count). The highest BCUT2D eigenvalue weighted by Gasteiger charge is 2.41. The summed E-state index contributed by atoms with van der Waals surface area (Å²) in [4.78, 5) is 23.3. The zero-order chi connectivity index (χ0) is 12.9. The molecule has 0 spiro atoms. The predicted molar refractivity (Wildman–Crippen MR) is 80.6 cm³/mol. The number of cyclic esters (lactones) is 1. The SMILES string of the molecule is CCOC(=O)C1(I)CCCC(=O)OC(CI)C1. The van der Waals surface area contributed by atoms with Crippen molar-refractivity contribution in [2.24, 2.45) is 0 Å². The molecule has 98 valence electrons. The van der Waals surface area contributed by atoms with Crippen molar-refractivity contribution in [2.75, 3.05) is 11.0 Å². The van der Waals surface area contributed by atoms with E-state index < -0.39 is 3.42 Å². The van der Waals surface area contributed by atoms with Gasteiger partial charge in [0.15, 0.2) is 0 Å². The molecule has 0 saturated carbocycles. The molecule has 6 heteroatoms. The maximum absolute atomic E-state index is 12.0. The molecule has 1 aliphatic heterocycles. The molecule has 2 unspecified atom stereocenters. The fourth-order valence-corrected chi connectivity index (χ4v) is 3.31. The van der Waals surface area contributed by atoms with Crippen LogP contribution in [0.2, 0.25) is 0 Å². The van der Waals surface area contributed by atoms with Crippen molar-refractivity contribution in [3.05, 3.63) is 0 Å². The van der Waals surface area contributed by atoms with Crippen LogP contribution in [-0.2, 0) is 19.1 Å². The summed E-state index contributed by atoms with van der Waals surface area (Å²) in [6.45, 7) is 2.19. The van der Waals surface area contributed by atoms with Gasteiger partial charge < -0.3 is 9.47 Å². The Labute approximate surface area is 128 Å². The number of halogens is 2. The first-order valence-electron chi connectivity index (χ1n) is 5.63. The molecule has 4 nitrogen and oxygen atoms in total. The summed E-state index contributed by atoms with van der Waals surface area (Å²) in [5.41, 5.74) is 0. The second kappa shape index (κ2) is 7.10. The van der Waals surface area contributed by atoms with Crippen molar-refractivity contribution in [3.63, 3.8) is 0 Å². The van der Waals surface area contributed by atoms with Crippen LogP contribution in [-0.4, -0.2) is 32.5 Å². The number of esters is 2. The van der Waals surface area contributed by atoms with E-state index in [1.807, 2.05) is 0 Å². The van der Waals surface area contributed by atoms with Crippen molar-refractivity contribution >= 4 is 57.1 Å². The maximum Gasteiger partial charge on any atom is 0.322 e. The van der Waals surface area contributed by atoms with E-state index >= 15 is 0 Å². The largest absolute Gasteiger partial charge is 0.465 e. The van der Waals surface area contributed by atoms with Crippen molar-refractivity contribution in [1.29, 1.82) is 0 Å². The van der Waals surface area contributed by atoms with Crippen LogP contribution >= 0.6 is 45.2 Å². The average Bonchev–Trinajstić information content (AvgIpc) is 2.26. The molecule has 0 aromatic carbocycles. The Morgan fingerprint density at radius 2 is 2.35 bits per heavy atom. The van der Waals surface area contributed by atoms with Crippen LogP contribution in [0, 0.1) is 0 Å². The first-order chi connectivity index (χ1) is 8.01. The van der Waals surface area contributed by atoms with Crippen LogP contribution in [0.3, 0.4) is 0 Å². The standard InChI is InChI=1S/C11H16I2O4/c1-2-16-10(15)11(13)5-3-4-9(14)17-8(6-11)7-12/h8H,2-7H2,1H3. The number of carbonyl (C=O) groups excluding carboxylic acids is 2. The second-order valence-electron chi connectivity index (χ2n) is 4.01. The van der Waals surface area contributed by atoms with Gasteiger partial charge in [-0.15, -0.1) is 0 Å². The van der Waals surface area contributed by atoms with Gasteiger partial charge in [0.2, 0.25) is 0 Å². The smallest absolute Gasteiger partial charge is 0.322 e. The molecule has 0 aromatic rings. The van der Waals surface area contributed by atoms with Gasteiger partial charge in [0.25, 0.3) is 0 Å². The lowest BCUT2D eigenvalue weighted by molar-refractivity contribution is -0.154. The minimum absolute atomic E-state index is 0.158. The summed E-state index contributed by atoms with van der Waals surface area (Å²) in [5, 5.41) is 0. The van der Waals surface area contributed by atoms with E-state index in [4.69, 9.17) is 9.47 Å². The number of hydrogen-bond donors (Lipinski definition) is 0. The second-order valence-corrected chi connectivity index (χ2v) is 6.96. The van der Waals surface area contributed by atoms with Gasteiger partial charge >= 0.3 is 11.9 Å². The molecule has 0 N–H and O–H groups in total. The molecule has 17 heavy (non-hydrogen) atoms. The van der Waals surface area contributed by atoms with Gasteiger partial charge in [-0.1, -0.05) is 45.2 Å². The topological polar surface area (TPSA) is 52.6 Å². The number of alkyl halides is 2. The highest BCUT2D eigenvalue weighted by Crippen LogP contribution is 2.35. The van der Waals surface area contributed by atoms with Crippen LogP contribution < -0.4 is 0 Å². The van der Waals surface area contributed by atoms with Gasteiger partial charge in [-0.3, -0.25) is 9.59 Å². The summed E-state index contributed by atoms with van der Waals surface area (Å²) in [6, 6.07) is 0. The van der Waals surface area contributed by atoms with Gasteiger partial charge in [-0.2, -0.15) is 0 Å². The molecule has 1 saturated heterocycles. The molecule has 0 amide bonds. The lowest BCUT2D eigenvalue weighted by Crippen LogP contribution is -2.40. The van der Waals surface area contributed by atoms with Crippen LogP contribution in [0.5, 0.6) is 0 Å². The van der Waals surface area contributed by atoms with Crippen LogP contribution in [0.25, 0.3) is 0 Å². The zero-order valence-corrected chi connectivity index (χ0v) is 14.0.